The van der Waals surface area contributed by atoms with Crippen molar-refractivity contribution >= 4 is 34.8 Å². The molecule has 3 rings (SSSR count). The highest BCUT2D eigenvalue weighted by Gasteiger charge is 2.31. The first kappa shape index (κ1) is 23.1. The molecule has 32 heavy (non-hydrogen) atoms. The summed E-state index contributed by atoms with van der Waals surface area (Å²) < 4.78 is 45.3. The third-order valence-corrected chi connectivity index (χ3v) is 4.70. The molecule has 3 aromatic rings. The molecule has 7 nitrogen and oxygen atoms in total. The van der Waals surface area contributed by atoms with E-state index in [1.807, 2.05) is 0 Å². The minimum atomic E-state index is -4.53. The highest BCUT2D eigenvalue weighted by atomic mass is 35.5. The van der Waals surface area contributed by atoms with Gasteiger partial charge < -0.3 is 15.4 Å². The molecule has 0 fully saturated rings. The van der Waals surface area contributed by atoms with Crippen molar-refractivity contribution in [2.24, 2.45) is 0 Å². The smallest absolute Gasteiger partial charge is 0.416 e. The largest absolute Gasteiger partial charge is 0.493 e. The molecular weight excluding hydrogens is 449 g/mol. The van der Waals surface area contributed by atoms with Gasteiger partial charge in [-0.3, -0.25) is 9.59 Å². The number of halogens is 4. The Labute approximate surface area is 186 Å². The number of hydrogen-bond donors (Lipinski definition) is 2. The molecule has 2 N–H and O–H groups in total. The quantitative estimate of drug-likeness (QED) is 0.526. The summed E-state index contributed by atoms with van der Waals surface area (Å²) in [7, 11) is 1.30. The van der Waals surface area contributed by atoms with Crippen LogP contribution in [0.4, 0.5) is 24.5 Å². The van der Waals surface area contributed by atoms with Crippen molar-refractivity contribution in [1.82, 2.24) is 9.78 Å². The van der Waals surface area contributed by atoms with Crippen LogP contribution in [-0.4, -0.2) is 28.7 Å². The number of aromatic nitrogens is 2. The second-order valence-corrected chi connectivity index (χ2v) is 7.00. The number of alkyl halides is 3. The normalized spacial score (nSPS) is 11.2. The Morgan fingerprint density at radius 1 is 1.16 bits per heavy atom. The lowest BCUT2D eigenvalue weighted by molar-refractivity contribution is -0.137. The van der Waals surface area contributed by atoms with Crippen molar-refractivity contribution < 1.29 is 27.5 Å². The predicted octanol–water partition coefficient (Wildman–Crippen LogP) is 5.15. The molecule has 2 aromatic carbocycles. The van der Waals surface area contributed by atoms with E-state index in [4.69, 9.17) is 16.3 Å². The first-order chi connectivity index (χ1) is 15.1. The van der Waals surface area contributed by atoms with E-state index in [9.17, 15) is 22.8 Å². The van der Waals surface area contributed by atoms with Gasteiger partial charge in [0.05, 0.1) is 35.3 Å². The fraction of sp³-hybridized carbons (Fsp3) is 0.190. The molecule has 0 saturated heterocycles. The van der Waals surface area contributed by atoms with Crippen LogP contribution in [0.15, 0.2) is 48.7 Å². The van der Waals surface area contributed by atoms with Crippen LogP contribution in [0.2, 0.25) is 5.02 Å². The number of amides is 2. The summed E-state index contributed by atoms with van der Waals surface area (Å²) in [5, 5.41) is 9.52. The van der Waals surface area contributed by atoms with Crippen molar-refractivity contribution in [3.8, 4) is 11.4 Å². The number of carbonyl (C=O) groups is 2. The molecule has 0 bridgehead atoms. The highest BCUT2D eigenvalue weighted by molar-refractivity contribution is 6.34. The van der Waals surface area contributed by atoms with Gasteiger partial charge in [0.15, 0.2) is 11.4 Å². The Morgan fingerprint density at radius 2 is 1.91 bits per heavy atom. The molecule has 0 atom stereocenters. The lowest BCUT2D eigenvalue weighted by Gasteiger charge is -2.10. The second kappa shape index (κ2) is 9.31. The number of hydrogen-bond acceptors (Lipinski definition) is 4. The summed E-state index contributed by atoms with van der Waals surface area (Å²) in [5.41, 5.74) is -0.282. The van der Waals surface area contributed by atoms with Crippen molar-refractivity contribution in [2.75, 3.05) is 17.7 Å². The standard InChI is InChI=1S/C21H18ClF3N4O3/c1-3-18(30)26-13-7-8-15(22)16(10-13)27-20(31)19-17(32-2)11-29(28-19)14-6-4-5-12(9-14)21(23,24)25/h4-11H,3H2,1-2H3,(H,26,30)(H,27,31). The molecule has 1 heterocycles. The molecule has 0 aliphatic carbocycles. The number of nitrogens with zero attached hydrogens (tertiary/aromatic N) is 2. The number of methoxy groups -OCH3 is 1. The maximum absolute atomic E-state index is 13.0. The van der Waals surface area contributed by atoms with Crippen LogP contribution in [-0.2, 0) is 11.0 Å². The van der Waals surface area contributed by atoms with Gasteiger partial charge >= 0.3 is 6.18 Å². The van der Waals surface area contributed by atoms with Crippen molar-refractivity contribution in [1.29, 1.82) is 0 Å². The van der Waals surface area contributed by atoms with Crippen LogP contribution in [0.5, 0.6) is 5.75 Å². The Bertz CT molecular complexity index is 1160. The number of nitrogens with one attached hydrogen (secondary N) is 2. The minimum Gasteiger partial charge on any atom is -0.493 e. The van der Waals surface area contributed by atoms with Gasteiger partial charge in [0, 0.05) is 12.1 Å². The summed E-state index contributed by atoms with van der Waals surface area (Å²) in [6, 6.07) is 9.05. The topological polar surface area (TPSA) is 85.3 Å². The van der Waals surface area contributed by atoms with Gasteiger partial charge in [0.25, 0.3) is 5.91 Å². The second-order valence-electron chi connectivity index (χ2n) is 6.59. The fourth-order valence-electron chi connectivity index (χ4n) is 2.75. The van der Waals surface area contributed by atoms with E-state index in [1.54, 1.807) is 13.0 Å². The van der Waals surface area contributed by atoms with Gasteiger partial charge in [0.1, 0.15) is 0 Å². The average Bonchev–Trinajstić information content (AvgIpc) is 3.20. The van der Waals surface area contributed by atoms with Gasteiger partial charge in [-0.05, 0) is 36.4 Å². The Balaban J connectivity index is 1.90. The van der Waals surface area contributed by atoms with Crippen LogP contribution >= 0.6 is 11.6 Å². The predicted molar refractivity (Wildman–Crippen MR) is 113 cm³/mol. The molecule has 0 aliphatic heterocycles. The monoisotopic (exact) mass is 466 g/mol. The first-order valence-electron chi connectivity index (χ1n) is 9.34. The average molecular weight is 467 g/mol. The number of anilines is 2. The van der Waals surface area contributed by atoms with Gasteiger partial charge in [-0.2, -0.15) is 18.3 Å². The number of benzene rings is 2. The lowest BCUT2D eigenvalue weighted by Crippen LogP contribution is -2.15. The van der Waals surface area contributed by atoms with Gasteiger partial charge in [0.2, 0.25) is 5.91 Å². The van der Waals surface area contributed by atoms with Crippen LogP contribution in [0, 0.1) is 0 Å². The van der Waals surface area contributed by atoms with E-state index in [1.165, 1.54) is 37.6 Å². The number of rotatable bonds is 6. The maximum atomic E-state index is 13.0. The third-order valence-electron chi connectivity index (χ3n) is 4.37. The summed E-state index contributed by atoms with van der Waals surface area (Å²) in [5.74, 6) is -0.869. The van der Waals surface area contributed by atoms with Gasteiger partial charge in [-0.1, -0.05) is 24.6 Å². The summed E-state index contributed by atoms with van der Waals surface area (Å²) >= 11 is 6.14. The van der Waals surface area contributed by atoms with Crippen LogP contribution in [0.3, 0.4) is 0 Å². The van der Waals surface area contributed by atoms with E-state index in [0.717, 1.165) is 16.8 Å². The zero-order valence-corrected chi connectivity index (χ0v) is 17.7. The van der Waals surface area contributed by atoms with E-state index >= 15 is 0 Å². The molecule has 0 saturated carbocycles. The summed E-state index contributed by atoms with van der Waals surface area (Å²) in [6.07, 6.45) is -2.96. The van der Waals surface area contributed by atoms with Gasteiger partial charge in [-0.25, -0.2) is 4.68 Å². The summed E-state index contributed by atoms with van der Waals surface area (Å²) in [6.45, 7) is 1.70. The molecule has 2 amide bonds. The highest BCUT2D eigenvalue weighted by Crippen LogP contribution is 2.31. The van der Waals surface area contributed by atoms with Crippen LogP contribution in [0.1, 0.15) is 29.4 Å². The first-order valence-corrected chi connectivity index (χ1v) is 9.72. The summed E-state index contributed by atoms with van der Waals surface area (Å²) in [4.78, 5) is 24.4. The molecule has 0 radical (unpaired) electrons. The molecule has 0 spiro atoms. The van der Waals surface area contributed by atoms with E-state index in [2.05, 4.69) is 15.7 Å². The fourth-order valence-corrected chi connectivity index (χ4v) is 2.92. The lowest BCUT2D eigenvalue weighted by atomic mass is 10.2. The van der Waals surface area contributed by atoms with Crippen LogP contribution in [0.25, 0.3) is 5.69 Å². The Kier molecular flexibility index (Phi) is 6.73. The van der Waals surface area contributed by atoms with Crippen LogP contribution < -0.4 is 15.4 Å². The van der Waals surface area contributed by atoms with Crippen molar-refractivity contribution in [3.05, 3.63) is 64.9 Å². The number of carbonyl (C=O) groups excluding carboxylic acids is 2. The zero-order valence-electron chi connectivity index (χ0n) is 17.0. The zero-order chi connectivity index (χ0) is 23.5. The van der Waals surface area contributed by atoms with E-state index < -0.39 is 17.6 Å². The minimum absolute atomic E-state index is 0.0477. The van der Waals surface area contributed by atoms with Crippen molar-refractivity contribution in [3.63, 3.8) is 0 Å². The molecule has 11 heteroatoms. The molecule has 1 aromatic heterocycles. The molecule has 0 unspecified atom stereocenters. The Hall–Kier alpha value is -3.53. The van der Waals surface area contributed by atoms with E-state index in [0.29, 0.717) is 5.69 Å². The molecule has 0 aliphatic rings. The Morgan fingerprint density at radius 3 is 2.56 bits per heavy atom. The SMILES string of the molecule is CCC(=O)Nc1ccc(Cl)c(NC(=O)c2nn(-c3cccc(C(F)(F)F)c3)cc2OC)c1. The van der Waals surface area contributed by atoms with Gasteiger partial charge in [-0.15, -0.1) is 0 Å². The maximum Gasteiger partial charge on any atom is 0.416 e. The van der Waals surface area contributed by atoms with Crippen molar-refractivity contribution in [2.45, 2.75) is 19.5 Å². The molecular formula is C21H18ClF3N4O3. The number of ether oxygens (including phenoxy) is 1. The molecule has 168 valence electrons. The third kappa shape index (κ3) is 5.20. The van der Waals surface area contributed by atoms with E-state index in [-0.39, 0.29) is 40.2 Å².